The van der Waals surface area contributed by atoms with Crippen LogP contribution in [-0.2, 0) is 28.4 Å². The third-order valence-corrected chi connectivity index (χ3v) is 8.11. The molecule has 10 unspecified atom stereocenters. The minimum atomic E-state index is -0.561. The topological polar surface area (TPSA) is 55.4 Å². The summed E-state index contributed by atoms with van der Waals surface area (Å²) in [6.45, 7) is 16.6. The Bertz CT molecular complexity index is 904. The third-order valence-electron chi connectivity index (χ3n) is 8.11. The van der Waals surface area contributed by atoms with Gasteiger partial charge in [-0.05, 0) is 52.7 Å². The fourth-order valence-electron chi connectivity index (χ4n) is 6.67. The van der Waals surface area contributed by atoms with Crippen LogP contribution in [0.3, 0.4) is 0 Å². The zero-order valence-electron chi connectivity index (χ0n) is 20.2. The SMILES string of the molecule is CC1=C(C#CC2=C(C)C3OC(C2C)C2OC(C)(C)OC32)C(C)C2OC1C1OC(C)(C)OC21. The van der Waals surface area contributed by atoms with Crippen molar-refractivity contribution in [3.8, 4) is 11.8 Å². The lowest BCUT2D eigenvalue weighted by atomic mass is 9.87. The molecule has 6 nitrogen and oxygen atoms in total. The second kappa shape index (κ2) is 6.69. The molecule has 32 heavy (non-hydrogen) atoms. The molecule has 6 heteroatoms. The molecule has 0 radical (unpaired) electrons. The standard InChI is InChI=1S/C26H34O6/c1-11-15(12(2)18-22-21(17(11)27-18)29-25(5,6)30-22)9-10-16-13(3)19-23-24(20(28-19)14(16)4)32-26(7,8)31-23/h11,13,17-24H,1-8H3. The van der Waals surface area contributed by atoms with Crippen LogP contribution in [0, 0.1) is 23.7 Å². The lowest BCUT2D eigenvalue weighted by molar-refractivity contribution is -0.189. The van der Waals surface area contributed by atoms with E-state index in [9.17, 15) is 0 Å². The van der Waals surface area contributed by atoms with Gasteiger partial charge in [-0.15, -0.1) is 0 Å². The van der Waals surface area contributed by atoms with Gasteiger partial charge >= 0.3 is 0 Å². The fourth-order valence-corrected chi connectivity index (χ4v) is 6.67. The van der Waals surface area contributed by atoms with Crippen LogP contribution in [0.2, 0.25) is 0 Å². The van der Waals surface area contributed by atoms with E-state index in [0.717, 1.165) is 11.1 Å². The minimum absolute atomic E-state index is 0.0264. The first-order chi connectivity index (χ1) is 15.0. The van der Waals surface area contributed by atoms with Crippen LogP contribution in [-0.4, -0.2) is 60.4 Å². The van der Waals surface area contributed by atoms with Gasteiger partial charge in [0.05, 0.1) is 12.2 Å². The van der Waals surface area contributed by atoms with Crippen LogP contribution in [0.15, 0.2) is 22.3 Å². The van der Waals surface area contributed by atoms with Crippen LogP contribution in [0.25, 0.3) is 0 Å². The first kappa shape index (κ1) is 21.3. The highest BCUT2D eigenvalue weighted by atomic mass is 16.8. The Kier molecular flexibility index (Phi) is 4.46. The first-order valence-corrected chi connectivity index (χ1v) is 11.9. The molecule has 6 aliphatic heterocycles. The molecule has 0 saturated carbocycles. The summed E-state index contributed by atoms with van der Waals surface area (Å²) in [4.78, 5) is 0. The Balaban J connectivity index is 1.32. The van der Waals surface area contributed by atoms with Gasteiger partial charge in [0.15, 0.2) is 11.6 Å². The smallest absolute Gasteiger partial charge is 0.164 e. The molecule has 0 aromatic rings. The van der Waals surface area contributed by atoms with Crippen molar-refractivity contribution in [2.75, 3.05) is 0 Å². The van der Waals surface area contributed by atoms with Gasteiger partial charge in [-0.25, -0.2) is 0 Å². The molecular formula is C26H34O6. The summed E-state index contributed by atoms with van der Waals surface area (Å²) < 4.78 is 37.4. The van der Waals surface area contributed by atoms with Crippen LogP contribution < -0.4 is 0 Å². The molecule has 6 heterocycles. The molecule has 0 spiro atoms. The van der Waals surface area contributed by atoms with E-state index in [2.05, 4.69) is 39.5 Å². The van der Waals surface area contributed by atoms with Crippen LogP contribution in [0.1, 0.15) is 55.4 Å². The van der Waals surface area contributed by atoms with Crippen molar-refractivity contribution in [3.63, 3.8) is 0 Å². The normalized spacial score (nSPS) is 49.8. The highest BCUT2D eigenvalue weighted by Crippen LogP contribution is 2.50. The fraction of sp³-hybridized carbons (Fsp3) is 0.769. The average molecular weight is 443 g/mol. The van der Waals surface area contributed by atoms with E-state index in [0.29, 0.717) is 0 Å². The van der Waals surface area contributed by atoms with Gasteiger partial charge in [0.1, 0.15) is 36.6 Å². The summed E-state index contributed by atoms with van der Waals surface area (Å²) >= 11 is 0. The van der Waals surface area contributed by atoms with Crippen molar-refractivity contribution in [1.29, 1.82) is 0 Å². The van der Waals surface area contributed by atoms with Crippen molar-refractivity contribution in [2.45, 2.75) is 116 Å². The molecule has 10 atom stereocenters. The molecule has 4 fully saturated rings. The van der Waals surface area contributed by atoms with Crippen LogP contribution in [0.5, 0.6) is 0 Å². The first-order valence-electron chi connectivity index (χ1n) is 11.9. The van der Waals surface area contributed by atoms with E-state index < -0.39 is 11.6 Å². The number of rotatable bonds is 0. The maximum Gasteiger partial charge on any atom is 0.164 e. The van der Waals surface area contributed by atoms with E-state index in [-0.39, 0.29) is 60.7 Å². The maximum atomic E-state index is 6.32. The Labute approximate surface area is 190 Å². The molecule has 0 aromatic carbocycles. The zero-order valence-corrected chi connectivity index (χ0v) is 20.2. The molecule has 0 amide bonds. The third kappa shape index (κ3) is 2.89. The van der Waals surface area contributed by atoms with Crippen molar-refractivity contribution in [2.24, 2.45) is 11.8 Å². The Morgan fingerprint density at radius 3 is 1.28 bits per heavy atom. The van der Waals surface area contributed by atoms with E-state index in [1.165, 1.54) is 11.1 Å². The summed E-state index contributed by atoms with van der Waals surface area (Å²) in [5.74, 6) is 6.31. The monoisotopic (exact) mass is 442 g/mol. The molecular weight excluding hydrogens is 408 g/mol. The van der Waals surface area contributed by atoms with Crippen LogP contribution in [0.4, 0.5) is 0 Å². The van der Waals surface area contributed by atoms with Crippen molar-refractivity contribution in [3.05, 3.63) is 22.3 Å². The lowest BCUT2D eigenvalue weighted by Crippen LogP contribution is -2.37. The molecule has 0 aliphatic carbocycles. The molecule has 0 N–H and O–H groups in total. The van der Waals surface area contributed by atoms with Crippen LogP contribution >= 0.6 is 0 Å². The zero-order chi connectivity index (χ0) is 22.7. The van der Waals surface area contributed by atoms with Gasteiger partial charge in [-0.2, -0.15) is 0 Å². The number of fused-ring (bicyclic) bond motifs is 10. The summed E-state index contributed by atoms with van der Waals surface area (Å²) in [6.07, 6.45) is -0.448. The molecule has 4 bridgehead atoms. The predicted molar refractivity (Wildman–Crippen MR) is 116 cm³/mol. The quantitative estimate of drug-likeness (QED) is 0.536. The van der Waals surface area contributed by atoms with Crippen molar-refractivity contribution >= 4 is 0 Å². The molecule has 174 valence electrons. The molecule has 6 aliphatic rings. The van der Waals surface area contributed by atoms with E-state index in [1.807, 2.05) is 27.7 Å². The number of ether oxygens (including phenoxy) is 6. The summed E-state index contributed by atoms with van der Waals surface area (Å²) in [5, 5.41) is 0. The number of hydrogen-bond donors (Lipinski definition) is 0. The van der Waals surface area contributed by atoms with Gasteiger partial charge in [0, 0.05) is 23.0 Å². The van der Waals surface area contributed by atoms with E-state index in [1.54, 1.807) is 0 Å². The van der Waals surface area contributed by atoms with Gasteiger partial charge in [-0.3, -0.25) is 0 Å². The van der Waals surface area contributed by atoms with Gasteiger partial charge in [0.2, 0.25) is 0 Å². The van der Waals surface area contributed by atoms with E-state index >= 15 is 0 Å². The largest absolute Gasteiger partial charge is 0.364 e. The summed E-state index contributed by atoms with van der Waals surface area (Å²) in [6, 6.07) is 0. The molecule has 4 saturated heterocycles. The van der Waals surface area contributed by atoms with Crippen molar-refractivity contribution < 1.29 is 28.4 Å². The highest BCUT2D eigenvalue weighted by molar-refractivity contribution is 5.49. The molecule has 6 rings (SSSR count). The van der Waals surface area contributed by atoms with Gasteiger partial charge in [0.25, 0.3) is 0 Å². The van der Waals surface area contributed by atoms with Gasteiger partial charge in [-0.1, -0.05) is 25.7 Å². The second-order valence-electron chi connectivity index (χ2n) is 11.2. The predicted octanol–water partition coefficient (Wildman–Crippen LogP) is 3.50. The second-order valence-corrected chi connectivity index (χ2v) is 11.2. The summed E-state index contributed by atoms with van der Waals surface area (Å²) in [5.41, 5.74) is 4.65. The highest BCUT2D eigenvalue weighted by Gasteiger charge is 2.61. The Hall–Kier alpha value is -1.20. The average Bonchev–Trinajstić information content (AvgIpc) is 3.36. The Morgan fingerprint density at radius 2 is 0.906 bits per heavy atom. The Morgan fingerprint density at radius 1 is 0.562 bits per heavy atom. The lowest BCUT2D eigenvalue weighted by Gasteiger charge is -2.33. The minimum Gasteiger partial charge on any atom is -0.364 e. The van der Waals surface area contributed by atoms with Crippen molar-refractivity contribution in [1.82, 2.24) is 0 Å². The van der Waals surface area contributed by atoms with Gasteiger partial charge < -0.3 is 28.4 Å². The number of hydrogen-bond acceptors (Lipinski definition) is 6. The molecule has 0 aromatic heterocycles. The maximum absolute atomic E-state index is 6.32. The van der Waals surface area contributed by atoms with E-state index in [4.69, 9.17) is 28.4 Å². The summed E-state index contributed by atoms with van der Waals surface area (Å²) in [7, 11) is 0.